The van der Waals surface area contributed by atoms with E-state index in [4.69, 9.17) is 0 Å². The lowest BCUT2D eigenvalue weighted by molar-refractivity contribution is -0.274. The van der Waals surface area contributed by atoms with Gasteiger partial charge in [-0.25, -0.2) is 0 Å². The summed E-state index contributed by atoms with van der Waals surface area (Å²) in [7, 11) is 1.87. The van der Waals surface area contributed by atoms with Crippen LogP contribution in [0, 0.1) is 5.41 Å². The highest BCUT2D eigenvalue weighted by Crippen LogP contribution is 2.53. The molecule has 1 aliphatic carbocycles. The van der Waals surface area contributed by atoms with Crippen LogP contribution in [0.2, 0.25) is 0 Å². The number of hydrogen-bond donors (Lipinski definition) is 0. The second-order valence-electron chi connectivity index (χ2n) is 7.65. The molecule has 1 unspecified atom stereocenters. The van der Waals surface area contributed by atoms with Crippen LogP contribution in [0.1, 0.15) is 47.8 Å². The molecule has 1 saturated carbocycles. The third-order valence-corrected chi connectivity index (χ3v) is 5.94. The molecule has 1 aliphatic heterocycles. The quantitative estimate of drug-likeness (QED) is 0.799. The van der Waals surface area contributed by atoms with Crippen molar-refractivity contribution in [3.63, 3.8) is 0 Å². The summed E-state index contributed by atoms with van der Waals surface area (Å²) in [6.45, 7) is 0.912. The molecule has 1 saturated heterocycles. The van der Waals surface area contributed by atoms with Crippen molar-refractivity contribution in [2.75, 3.05) is 13.1 Å². The van der Waals surface area contributed by atoms with E-state index in [1.807, 2.05) is 11.6 Å². The van der Waals surface area contributed by atoms with Gasteiger partial charge in [0.2, 0.25) is 0 Å². The van der Waals surface area contributed by atoms with Crippen LogP contribution in [0.4, 0.5) is 13.2 Å². The van der Waals surface area contributed by atoms with E-state index in [1.54, 1.807) is 11.2 Å². The lowest BCUT2D eigenvalue weighted by Crippen LogP contribution is -2.32. The van der Waals surface area contributed by atoms with Gasteiger partial charge in [-0.3, -0.25) is 4.79 Å². The SMILES string of the molecule is Cn1cnnc1C1CN(C(=O)c2ccccc2OC(F)(F)F)CC12CCCC2. The number of carbonyl (C=O) groups excluding carboxylic acids is 1. The summed E-state index contributed by atoms with van der Waals surface area (Å²) in [5.41, 5.74) is -0.178. The maximum absolute atomic E-state index is 13.1. The van der Waals surface area contributed by atoms with Crippen LogP contribution in [0.3, 0.4) is 0 Å². The number of carbonyl (C=O) groups is 1. The first-order chi connectivity index (χ1) is 13.3. The maximum atomic E-state index is 13.1. The van der Waals surface area contributed by atoms with E-state index in [2.05, 4.69) is 14.9 Å². The number of aromatic nitrogens is 3. The normalized spacial score (nSPS) is 21.4. The van der Waals surface area contributed by atoms with Crippen molar-refractivity contribution in [3.05, 3.63) is 42.0 Å². The molecule has 2 aliphatic rings. The van der Waals surface area contributed by atoms with Gasteiger partial charge in [0, 0.05) is 26.1 Å². The Morgan fingerprint density at radius 3 is 2.61 bits per heavy atom. The Balaban J connectivity index is 1.64. The zero-order valence-corrected chi connectivity index (χ0v) is 15.4. The summed E-state index contributed by atoms with van der Waals surface area (Å²) in [5.74, 6) is -0.0856. The smallest absolute Gasteiger partial charge is 0.405 e. The van der Waals surface area contributed by atoms with Crippen LogP contribution in [-0.4, -0.2) is 45.0 Å². The third kappa shape index (κ3) is 3.33. The fourth-order valence-corrected chi connectivity index (χ4v) is 4.70. The highest BCUT2D eigenvalue weighted by atomic mass is 19.4. The van der Waals surface area contributed by atoms with Crippen LogP contribution in [0.25, 0.3) is 0 Å². The summed E-state index contributed by atoms with van der Waals surface area (Å²) in [4.78, 5) is 14.8. The van der Waals surface area contributed by atoms with Crippen molar-refractivity contribution in [2.45, 2.75) is 38.0 Å². The average Bonchev–Trinajstić information content (AvgIpc) is 3.35. The number of hydrogen-bond acceptors (Lipinski definition) is 4. The summed E-state index contributed by atoms with van der Waals surface area (Å²) in [6.07, 6.45) is 0.864. The molecule has 9 heteroatoms. The molecule has 150 valence electrons. The predicted molar refractivity (Wildman–Crippen MR) is 93.7 cm³/mol. The molecule has 2 heterocycles. The number of halogens is 3. The molecule has 1 atom stereocenters. The van der Waals surface area contributed by atoms with Crippen molar-refractivity contribution in [1.29, 1.82) is 0 Å². The molecule has 1 aromatic heterocycles. The Labute approximate surface area is 160 Å². The molecule has 4 rings (SSSR count). The molecular weight excluding hydrogens is 373 g/mol. The van der Waals surface area contributed by atoms with Crippen LogP contribution in [0.5, 0.6) is 5.75 Å². The van der Waals surface area contributed by atoms with E-state index in [1.165, 1.54) is 24.3 Å². The minimum atomic E-state index is -4.85. The number of ether oxygens (including phenoxy) is 1. The van der Waals surface area contributed by atoms with E-state index in [9.17, 15) is 18.0 Å². The summed E-state index contributed by atoms with van der Waals surface area (Å²) < 4.78 is 44.1. The third-order valence-electron chi connectivity index (χ3n) is 5.94. The highest BCUT2D eigenvalue weighted by Gasteiger charge is 2.51. The Morgan fingerprint density at radius 1 is 1.25 bits per heavy atom. The van der Waals surface area contributed by atoms with E-state index < -0.39 is 18.0 Å². The maximum Gasteiger partial charge on any atom is 0.573 e. The van der Waals surface area contributed by atoms with Gasteiger partial charge in [-0.1, -0.05) is 25.0 Å². The molecule has 1 spiro atoms. The standard InChI is InChI=1S/C19H21F3N4O2/c1-25-12-23-24-16(25)14-10-26(11-18(14)8-4-5-9-18)17(27)13-6-2-3-7-15(13)28-19(20,21)22/h2-3,6-7,12,14H,4-5,8-11H2,1H3. The lowest BCUT2D eigenvalue weighted by atomic mass is 9.76. The first-order valence-corrected chi connectivity index (χ1v) is 9.27. The number of amides is 1. The van der Waals surface area contributed by atoms with Crippen molar-refractivity contribution in [1.82, 2.24) is 19.7 Å². The number of alkyl halides is 3. The zero-order valence-electron chi connectivity index (χ0n) is 15.4. The van der Waals surface area contributed by atoms with Crippen LogP contribution in [0.15, 0.2) is 30.6 Å². The molecule has 0 N–H and O–H groups in total. The second kappa shape index (κ2) is 6.79. The largest absolute Gasteiger partial charge is 0.573 e. The molecular formula is C19H21F3N4O2. The van der Waals surface area contributed by atoms with Gasteiger partial charge in [-0.15, -0.1) is 23.4 Å². The number of nitrogens with zero attached hydrogens (tertiary/aromatic N) is 4. The minimum Gasteiger partial charge on any atom is -0.405 e. The molecule has 2 aromatic rings. The van der Waals surface area contributed by atoms with Gasteiger partial charge in [-0.2, -0.15) is 0 Å². The van der Waals surface area contributed by atoms with Crippen molar-refractivity contribution in [3.8, 4) is 5.75 Å². The Hall–Kier alpha value is -2.58. The second-order valence-corrected chi connectivity index (χ2v) is 7.65. The summed E-state index contributed by atoms with van der Waals surface area (Å²) in [5, 5.41) is 8.22. The molecule has 6 nitrogen and oxygen atoms in total. The molecule has 0 bridgehead atoms. The average molecular weight is 394 g/mol. The first kappa shape index (κ1) is 18.8. The predicted octanol–water partition coefficient (Wildman–Crippen LogP) is 3.51. The van der Waals surface area contributed by atoms with E-state index in [0.717, 1.165) is 31.5 Å². The van der Waals surface area contributed by atoms with E-state index in [0.29, 0.717) is 13.1 Å². The van der Waals surface area contributed by atoms with Crippen molar-refractivity contribution in [2.24, 2.45) is 12.5 Å². The van der Waals surface area contributed by atoms with Gasteiger partial charge in [-0.05, 0) is 30.4 Å². The fraction of sp³-hybridized carbons (Fsp3) is 0.526. The van der Waals surface area contributed by atoms with Crippen molar-refractivity contribution >= 4 is 5.91 Å². The lowest BCUT2D eigenvalue weighted by Gasteiger charge is -2.28. The summed E-state index contributed by atoms with van der Waals surface area (Å²) in [6, 6.07) is 5.50. The number of benzene rings is 1. The first-order valence-electron chi connectivity index (χ1n) is 9.27. The van der Waals surface area contributed by atoms with Gasteiger partial charge in [0.25, 0.3) is 5.91 Å². The van der Waals surface area contributed by atoms with Crippen LogP contribution >= 0.6 is 0 Å². The fourth-order valence-electron chi connectivity index (χ4n) is 4.70. The number of aryl methyl sites for hydroxylation is 1. The number of likely N-dealkylation sites (tertiary alicyclic amines) is 1. The van der Waals surface area contributed by atoms with Gasteiger partial charge < -0.3 is 14.2 Å². The Morgan fingerprint density at radius 2 is 1.96 bits per heavy atom. The molecule has 0 radical (unpaired) electrons. The Kier molecular flexibility index (Phi) is 4.55. The van der Waals surface area contributed by atoms with Crippen molar-refractivity contribution < 1.29 is 22.7 Å². The highest BCUT2D eigenvalue weighted by molar-refractivity contribution is 5.97. The monoisotopic (exact) mass is 394 g/mol. The van der Waals surface area contributed by atoms with Crippen LogP contribution < -0.4 is 4.74 Å². The summed E-state index contributed by atoms with van der Waals surface area (Å²) >= 11 is 0. The van der Waals surface area contributed by atoms with Gasteiger partial charge in [0.05, 0.1) is 5.56 Å². The topological polar surface area (TPSA) is 60.2 Å². The van der Waals surface area contributed by atoms with E-state index >= 15 is 0 Å². The van der Waals surface area contributed by atoms with E-state index in [-0.39, 0.29) is 16.9 Å². The minimum absolute atomic E-state index is 0.0159. The molecule has 1 aromatic carbocycles. The number of rotatable bonds is 3. The molecule has 28 heavy (non-hydrogen) atoms. The Bertz CT molecular complexity index is 874. The van der Waals surface area contributed by atoms with Gasteiger partial charge in [0.15, 0.2) is 0 Å². The number of para-hydroxylation sites is 1. The zero-order chi connectivity index (χ0) is 19.9. The molecule has 1 amide bonds. The van der Waals surface area contributed by atoms with Crippen LogP contribution in [-0.2, 0) is 7.05 Å². The molecule has 2 fully saturated rings. The van der Waals surface area contributed by atoms with Gasteiger partial charge in [0.1, 0.15) is 17.9 Å². The van der Waals surface area contributed by atoms with Gasteiger partial charge >= 0.3 is 6.36 Å².